The molecule has 27 heavy (non-hydrogen) atoms. The lowest BCUT2D eigenvalue weighted by Crippen LogP contribution is -2.07. The van der Waals surface area contributed by atoms with E-state index >= 15 is 0 Å². The highest BCUT2D eigenvalue weighted by atomic mass is 16.4. The number of hydrogen-bond acceptors (Lipinski definition) is 4. The zero-order valence-electron chi connectivity index (χ0n) is 15.4. The Balaban J connectivity index is 1.67. The number of fused-ring (bicyclic) bond motifs is 1. The lowest BCUT2D eigenvalue weighted by molar-refractivity contribution is -0.114. The highest BCUT2D eigenvalue weighted by Gasteiger charge is 2.09. The first-order valence-electron chi connectivity index (χ1n) is 8.68. The van der Waals surface area contributed by atoms with Crippen LogP contribution in [-0.2, 0) is 9.59 Å². The van der Waals surface area contributed by atoms with E-state index in [4.69, 9.17) is 4.42 Å². The van der Waals surface area contributed by atoms with E-state index in [0.717, 1.165) is 5.56 Å². The largest absolute Gasteiger partial charge is 0.423 e. The fraction of sp³-hybridized carbons (Fsp3) is 0.190. The van der Waals surface area contributed by atoms with Crippen molar-refractivity contribution in [1.82, 2.24) is 4.98 Å². The summed E-state index contributed by atoms with van der Waals surface area (Å²) in [6.45, 7) is 5.70. The number of carbonyl (C=O) groups is 2. The molecule has 2 amide bonds. The van der Waals surface area contributed by atoms with Crippen molar-refractivity contribution < 1.29 is 14.0 Å². The Morgan fingerprint density at radius 3 is 2.48 bits per heavy atom. The molecule has 0 spiro atoms. The van der Waals surface area contributed by atoms with Crippen molar-refractivity contribution in [1.29, 1.82) is 0 Å². The van der Waals surface area contributed by atoms with E-state index in [1.54, 1.807) is 24.3 Å². The molecule has 0 radical (unpaired) electrons. The van der Waals surface area contributed by atoms with Gasteiger partial charge < -0.3 is 9.73 Å². The van der Waals surface area contributed by atoms with Crippen molar-refractivity contribution in [3.05, 3.63) is 59.7 Å². The van der Waals surface area contributed by atoms with E-state index in [9.17, 15) is 9.59 Å². The monoisotopic (exact) mass is 363 g/mol. The van der Waals surface area contributed by atoms with Gasteiger partial charge in [-0.15, -0.1) is 0 Å². The summed E-state index contributed by atoms with van der Waals surface area (Å²) in [6, 6.07) is 13.3. The van der Waals surface area contributed by atoms with Gasteiger partial charge in [0.2, 0.25) is 5.91 Å². The van der Waals surface area contributed by atoms with Crippen LogP contribution < -0.4 is 10.6 Å². The fourth-order valence-electron chi connectivity index (χ4n) is 2.57. The van der Waals surface area contributed by atoms with Crippen LogP contribution in [0.25, 0.3) is 17.2 Å². The maximum absolute atomic E-state index is 12.1. The molecule has 0 atom stereocenters. The van der Waals surface area contributed by atoms with Gasteiger partial charge in [0, 0.05) is 24.8 Å². The van der Waals surface area contributed by atoms with Crippen LogP contribution in [-0.4, -0.2) is 16.8 Å². The maximum atomic E-state index is 12.1. The molecular weight excluding hydrogens is 342 g/mol. The molecule has 0 unspecified atom stereocenters. The Labute approximate surface area is 157 Å². The van der Waals surface area contributed by atoms with Gasteiger partial charge >= 0.3 is 6.01 Å². The summed E-state index contributed by atoms with van der Waals surface area (Å²) in [6.07, 6.45) is 3.17. The molecule has 3 rings (SSSR count). The molecule has 6 nitrogen and oxygen atoms in total. The highest BCUT2D eigenvalue weighted by molar-refractivity contribution is 6.01. The molecule has 2 N–H and O–H groups in total. The van der Waals surface area contributed by atoms with Crippen LogP contribution in [0, 0.1) is 0 Å². The Bertz CT molecular complexity index is 1000. The van der Waals surface area contributed by atoms with E-state index in [1.807, 2.05) is 12.1 Å². The molecule has 0 aliphatic heterocycles. The number of carbonyl (C=O) groups excluding carboxylic acids is 2. The highest BCUT2D eigenvalue weighted by Crippen LogP contribution is 2.22. The SMILES string of the molecule is CC(=O)Nc1ccc2nc(NC(=O)/C=C/c3ccc(C(C)C)cc3)oc2c1. The third kappa shape index (κ3) is 4.82. The van der Waals surface area contributed by atoms with Crippen molar-refractivity contribution in [3.8, 4) is 0 Å². The van der Waals surface area contributed by atoms with Gasteiger partial charge in [0.15, 0.2) is 5.58 Å². The summed E-state index contributed by atoms with van der Waals surface area (Å²) in [5, 5.41) is 5.27. The quantitative estimate of drug-likeness (QED) is 0.651. The van der Waals surface area contributed by atoms with Crippen LogP contribution in [0.4, 0.5) is 11.7 Å². The second-order valence-corrected chi connectivity index (χ2v) is 6.53. The van der Waals surface area contributed by atoms with Crippen LogP contribution in [0.3, 0.4) is 0 Å². The molecule has 0 fully saturated rings. The summed E-state index contributed by atoms with van der Waals surface area (Å²) < 4.78 is 5.53. The molecule has 0 aliphatic carbocycles. The lowest BCUT2D eigenvalue weighted by Gasteiger charge is -2.04. The zero-order chi connectivity index (χ0) is 19.4. The van der Waals surface area contributed by atoms with Gasteiger partial charge in [-0.1, -0.05) is 38.1 Å². The number of rotatable bonds is 5. The number of hydrogen-bond donors (Lipinski definition) is 2. The summed E-state index contributed by atoms with van der Waals surface area (Å²) in [5.41, 5.74) is 3.86. The Morgan fingerprint density at radius 2 is 1.81 bits per heavy atom. The molecule has 138 valence electrons. The fourth-order valence-corrected chi connectivity index (χ4v) is 2.57. The first kappa shape index (κ1) is 18.4. The zero-order valence-corrected chi connectivity index (χ0v) is 15.4. The van der Waals surface area contributed by atoms with E-state index in [0.29, 0.717) is 22.7 Å². The molecular formula is C21H21N3O3. The van der Waals surface area contributed by atoms with Crippen LogP contribution in [0.15, 0.2) is 53.0 Å². The molecule has 6 heteroatoms. The number of oxazole rings is 1. The summed E-state index contributed by atoms with van der Waals surface area (Å²) >= 11 is 0. The number of amides is 2. The van der Waals surface area contributed by atoms with Crippen LogP contribution in [0.1, 0.15) is 37.8 Å². The second-order valence-electron chi connectivity index (χ2n) is 6.53. The molecule has 1 heterocycles. The predicted octanol–water partition coefficient (Wildman–Crippen LogP) is 4.56. The van der Waals surface area contributed by atoms with E-state index in [1.165, 1.54) is 18.6 Å². The topological polar surface area (TPSA) is 84.2 Å². The van der Waals surface area contributed by atoms with Gasteiger partial charge in [0.25, 0.3) is 5.91 Å². The number of anilines is 2. The van der Waals surface area contributed by atoms with Gasteiger partial charge in [-0.3, -0.25) is 14.9 Å². The molecule has 1 aromatic heterocycles. The molecule has 0 saturated heterocycles. The van der Waals surface area contributed by atoms with Crippen LogP contribution in [0.5, 0.6) is 0 Å². The van der Waals surface area contributed by atoms with Gasteiger partial charge in [-0.05, 0) is 35.3 Å². The average molecular weight is 363 g/mol. The third-order valence-electron chi connectivity index (χ3n) is 3.97. The third-order valence-corrected chi connectivity index (χ3v) is 3.97. The minimum Gasteiger partial charge on any atom is -0.423 e. The molecule has 0 bridgehead atoms. The van der Waals surface area contributed by atoms with E-state index in [2.05, 4.69) is 41.6 Å². The minimum absolute atomic E-state index is 0.106. The normalized spacial score (nSPS) is 11.3. The Morgan fingerprint density at radius 1 is 1.07 bits per heavy atom. The lowest BCUT2D eigenvalue weighted by atomic mass is 10.0. The Kier molecular flexibility index (Phi) is 5.35. The standard InChI is InChI=1S/C21H21N3O3/c1-13(2)16-7-4-15(5-8-16)6-11-20(26)24-21-23-18-10-9-17(22-14(3)25)12-19(18)27-21/h4-13H,1-3H3,(H,22,25)(H,23,24,26)/b11-6+. The van der Waals surface area contributed by atoms with Crippen molar-refractivity contribution in [2.45, 2.75) is 26.7 Å². The van der Waals surface area contributed by atoms with Crippen LogP contribution >= 0.6 is 0 Å². The first-order valence-corrected chi connectivity index (χ1v) is 8.68. The van der Waals surface area contributed by atoms with Gasteiger partial charge in [0.05, 0.1) is 0 Å². The molecule has 3 aromatic rings. The minimum atomic E-state index is -0.337. The first-order chi connectivity index (χ1) is 12.9. The summed E-state index contributed by atoms with van der Waals surface area (Å²) in [4.78, 5) is 27.4. The van der Waals surface area contributed by atoms with Gasteiger partial charge in [0.1, 0.15) is 5.52 Å². The summed E-state index contributed by atoms with van der Waals surface area (Å²) in [7, 11) is 0. The average Bonchev–Trinajstić information content (AvgIpc) is 3.01. The van der Waals surface area contributed by atoms with Crippen molar-refractivity contribution >= 4 is 40.7 Å². The molecule has 0 saturated carbocycles. The van der Waals surface area contributed by atoms with Crippen molar-refractivity contribution in [2.75, 3.05) is 10.6 Å². The van der Waals surface area contributed by atoms with E-state index < -0.39 is 0 Å². The molecule has 0 aliphatic rings. The second kappa shape index (κ2) is 7.86. The molecule has 2 aromatic carbocycles. The van der Waals surface area contributed by atoms with Crippen molar-refractivity contribution in [3.63, 3.8) is 0 Å². The van der Waals surface area contributed by atoms with Gasteiger partial charge in [-0.25, -0.2) is 0 Å². The number of nitrogens with one attached hydrogen (secondary N) is 2. The number of aromatic nitrogens is 1. The summed E-state index contributed by atoms with van der Waals surface area (Å²) in [5.74, 6) is -0.0396. The predicted molar refractivity (Wildman–Crippen MR) is 107 cm³/mol. The van der Waals surface area contributed by atoms with Crippen LogP contribution in [0.2, 0.25) is 0 Å². The van der Waals surface area contributed by atoms with Gasteiger partial charge in [-0.2, -0.15) is 4.98 Å². The smallest absolute Gasteiger partial charge is 0.302 e. The Hall–Kier alpha value is -3.41. The van der Waals surface area contributed by atoms with E-state index in [-0.39, 0.29) is 17.8 Å². The van der Waals surface area contributed by atoms with Crippen molar-refractivity contribution in [2.24, 2.45) is 0 Å². The number of benzene rings is 2. The maximum Gasteiger partial charge on any atom is 0.302 e. The number of nitrogens with zero attached hydrogens (tertiary/aromatic N) is 1.